The van der Waals surface area contributed by atoms with Crippen LogP contribution in [0.1, 0.15) is 18.0 Å². The minimum atomic E-state index is 0.220. The number of rotatable bonds is 3. The van der Waals surface area contributed by atoms with Gasteiger partial charge in [0.25, 0.3) is 0 Å². The number of aryl methyl sites for hydroxylation is 1. The fraction of sp³-hybridized carbons (Fsp3) is 0.357. The van der Waals surface area contributed by atoms with E-state index in [4.69, 9.17) is 10.2 Å². The molecular weight excluding hydrogens is 294 g/mol. The van der Waals surface area contributed by atoms with Crippen LogP contribution < -0.4 is 5.32 Å². The smallest absolute Gasteiger partial charge is 0.198 e. The molecule has 116 valence electrons. The fourth-order valence-corrected chi connectivity index (χ4v) is 2.84. The average molecular weight is 309 g/mol. The summed E-state index contributed by atoms with van der Waals surface area (Å²) in [4.78, 5) is 10.7. The van der Waals surface area contributed by atoms with Gasteiger partial charge in [-0.15, -0.1) is 0 Å². The van der Waals surface area contributed by atoms with Gasteiger partial charge in [0.05, 0.1) is 23.8 Å². The van der Waals surface area contributed by atoms with Crippen molar-refractivity contribution in [2.75, 3.05) is 18.4 Å². The highest BCUT2D eigenvalue weighted by molar-refractivity contribution is 5.68. The van der Waals surface area contributed by atoms with Crippen LogP contribution in [0.25, 0.3) is 5.65 Å². The van der Waals surface area contributed by atoms with E-state index in [0.717, 1.165) is 24.3 Å². The molecule has 1 saturated heterocycles. The van der Waals surface area contributed by atoms with Crippen molar-refractivity contribution in [2.24, 2.45) is 7.05 Å². The van der Waals surface area contributed by atoms with Gasteiger partial charge in [0.2, 0.25) is 0 Å². The van der Waals surface area contributed by atoms with Crippen LogP contribution in [0, 0.1) is 11.5 Å². The van der Waals surface area contributed by atoms with E-state index in [2.05, 4.69) is 26.7 Å². The maximum absolute atomic E-state index is 9.03. The summed E-state index contributed by atoms with van der Waals surface area (Å²) in [5.74, 6) is 0.862. The summed E-state index contributed by atoms with van der Waals surface area (Å²) in [6.45, 7) is 1.46. The van der Waals surface area contributed by atoms with E-state index in [1.165, 1.54) is 6.33 Å². The van der Waals surface area contributed by atoms with Gasteiger partial charge in [0.1, 0.15) is 6.33 Å². The van der Waals surface area contributed by atoms with Gasteiger partial charge in [-0.05, 0) is 6.42 Å². The topological polar surface area (TPSA) is 100.0 Å². The minimum absolute atomic E-state index is 0.220. The molecular formula is C14H15N9. The Morgan fingerprint density at radius 3 is 3.00 bits per heavy atom. The van der Waals surface area contributed by atoms with Crippen LogP contribution >= 0.6 is 0 Å². The molecule has 9 heteroatoms. The van der Waals surface area contributed by atoms with Crippen LogP contribution in [-0.2, 0) is 7.05 Å². The second-order valence-corrected chi connectivity index (χ2v) is 5.60. The SMILES string of the molecule is Cn1cc(Nc2nc(C3CCN(C#N)C3)cn3ncnc23)cn1. The number of hydrogen-bond acceptors (Lipinski definition) is 7. The molecule has 0 aromatic carbocycles. The second-order valence-electron chi connectivity index (χ2n) is 5.60. The van der Waals surface area contributed by atoms with Crippen molar-refractivity contribution in [3.8, 4) is 6.19 Å². The monoisotopic (exact) mass is 309 g/mol. The molecule has 1 unspecified atom stereocenters. The molecule has 1 atom stereocenters. The Labute approximate surface area is 132 Å². The minimum Gasteiger partial charge on any atom is -0.334 e. The van der Waals surface area contributed by atoms with E-state index >= 15 is 0 Å². The Morgan fingerprint density at radius 1 is 1.35 bits per heavy atom. The Balaban J connectivity index is 1.71. The van der Waals surface area contributed by atoms with Gasteiger partial charge in [0, 0.05) is 32.3 Å². The summed E-state index contributed by atoms with van der Waals surface area (Å²) < 4.78 is 3.44. The molecule has 1 fully saturated rings. The second kappa shape index (κ2) is 5.24. The molecule has 0 bridgehead atoms. The Kier molecular flexibility index (Phi) is 3.08. The van der Waals surface area contributed by atoms with Crippen LogP contribution in [0.5, 0.6) is 0 Å². The van der Waals surface area contributed by atoms with E-state index in [1.54, 1.807) is 20.3 Å². The number of fused-ring (bicyclic) bond motifs is 1. The first-order valence-corrected chi connectivity index (χ1v) is 7.33. The molecule has 23 heavy (non-hydrogen) atoms. The van der Waals surface area contributed by atoms with Gasteiger partial charge in [-0.2, -0.15) is 15.5 Å². The number of anilines is 2. The quantitative estimate of drug-likeness (QED) is 0.716. The lowest BCUT2D eigenvalue weighted by Crippen LogP contribution is -2.14. The van der Waals surface area contributed by atoms with Crippen molar-refractivity contribution in [2.45, 2.75) is 12.3 Å². The number of nitrogens with zero attached hydrogens (tertiary/aromatic N) is 8. The molecule has 0 saturated carbocycles. The zero-order chi connectivity index (χ0) is 15.8. The van der Waals surface area contributed by atoms with E-state index in [-0.39, 0.29) is 5.92 Å². The van der Waals surface area contributed by atoms with Crippen LogP contribution in [0.15, 0.2) is 24.9 Å². The third kappa shape index (κ3) is 2.44. The first kappa shape index (κ1) is 13.5. The van der Waals surface area contributed by atoms with Gasteiger partial charge in [0.15, 0.2) is 17.7 Å². The Bertz CT molecular complexity index is 887. The van der Waals surface area contributed by atoms with Crippen molar-refractivity contribution in [3.05, 3.63) is 30.6 Å². The van der Waals surface area contributed by atoms with Crippen molar-refractivity contribution >= 4 is 17.2 Å². The molecule has 4 heterocycles. The number of likely N-dealkylation sites (tertiary alicyclic amines) is 1. The standard InChI is InChI=1S/C14H15N9/c1-21-6-11(4-17-21)19-13-14-16-9-18-23(14)7-12(20-13)10-2-3-22(5-10)8-15/h4,6-7,9-10H,2-3,5H2,1H3,(H,19,20). The lowest BCUT2D eigenvalue weighted by molar-refractivity contribution is 0.477. The summed E-state index contributed by atoms with van der Waals surface area (Å²) in [5, 5.41) is 20.6. The predicted octanol–water partition coefficient (Wildman–Crippen LogP) is 0.872. The molecule has 1 aliphatic heterocycles. The van der Waals surface area contributed by atoms with E-state index in [0.29, 0.717) is 18.0 Å². The molecule has 1 N–H and O–H groups in total. The molecule has 0 radical (unpaired) electrons. The lowest BCUT2D eigenvalue weighted by Gasteiger charge is -2.12. The van der Waals surface area contributed by atoms with Crippen molar-refractivity contribution in [3.63, 3.8) is 0 Å². The van der Waals surface area contributed by atoms with Crippen LogP contribution in [-0.4, -0.2) is 47.4 Å². The molecule has 3 aromatic heterocycles. The van der Waals surface area contributed by atoms with Crippen LogP contribution in [0.3, 0.4) is 0 Å². The third-order valence-electron chi connectivity index (χ3n) is 4.00. The van der Waals surface area contributed by atoms with Gasteiger partial charge >= 0.3 is 0 Å². The summed E-state index contributed by atoms with van der Waals surface area (Å²) in [5.41, 5.74) is 2.41. The highest BCUT2D eigenvalue weighted by Crippen LogP contribution is 2.28. The Morgan fingerprint density at radius 2 is 2.26 bits per heavy atom. The van der Waals surface area contributed by atoms with Crippen molar-refractivity contribution < 1.29 is 0 Å². The first-order valence-electron chi connectivity index (χ1n) is 7.33. The van der Waals surface area contributed by atoms with Crippen molar-refractivity contribution in [1.82, 2.24) is 34.3 Å². The number of hydrogen-bond donors (Lipinski definition) is 1. The maximum atomic E-state index is 9.03. The lowest BCUT2D eigenvalue weighted by atomic mass is 10.1. The zero-order valence-electron chi connectivity index (χ0n) is 12.6. The summed E-state index contributed by atoms with van der Waals surface area (Å²) >= 11 is 0. The average Bonchev–Trinajstić information content (AvgIpc) is 3.26. The molecule has 0 aliphatic carbocycles. The van der Waals surface area contributed by atoms with E-state index in [1.807, 2.05) is 19.4 Å². The summed E-state index contributed by atoms with van der Waals surface area (Å²) in [6.07, 6.45) is 10.1. The number of aromatic nitrogens is 6. The van der Waals surface area contributed by atoms with Crippen LogP contribution in [0.2, 0.25) is 0 Å². The maximum Gasteiger partial charge on any atom is 0.198 e. The summed E-state index contributed by atoms with van der Waals surface area (Å²) in [7, 11) is 1.86. The molecule has 0 spiro atoms. The predicted molar refractivity (Wildman–Crippen MR) is 81.8 cm³/mol. The third-order valence-corrected chi connectivity index (χ3v) is 4.00. The molecule has 4 rings (SSSR count). The number of nitrogens with one attached hydrogen (secondary N) is 1. The van der Waals surface area contributed by atoms with Gasteiger partial charge in [-0.25, -0.2) is 14.5 Å². The molecule has 3 aromatic rings. The molecule has 1 aliphatic rings. The van der Waals surface area contributed by atoms with Gasteiger partial charge in [-0.3, -0.25) is 4.68 Å². The van der Waals surface area contributed by atoms with Crippen LogP contribution in [0.4, 0.5) is 11.5 Å². The molecule has 0 amide bonds. The first-order chi connectivity index (χ1) is 11.2. The molecule has 9 nitrogen and oxygen atoms in total. The van der Waals surface area contributed by atoms with Gasteiger partial charge < -0.3 is 10.2 Å². The normalized spacial score (nSPS) is 17.6. The fourth-order valence-electron chi connectivity index (χ4n) is 2.84. The highest BCUT2D eigenvalue weighted by Gasteiger charge is 2.25. The zero-order valence-corrected chi connectivity index (χ0v) is 12.6. The highest BCUT2D eigenvalue weighted by atomic mass is 15.3. The number of nitriles is 1. The van der Waals surface area contributed by atoms with Crippen molar-refractivity contribution in [1.29, 1.82) is 5.26 Å². The van der Waals surface area contributed by atoms with Gasteiger partial charge in [-0.1, -0.05) is 0 Å². The van der Waals surface area contributed by atoms with E-state index in [9.17, 15) is 0 Å². The van der Waals surface area contributed by atoms with E-state index < -0.39 is 0 Å². The largest absolute Gasteiger partial charge is 0.334 e. The Hall–Kier alpha value is -3.15. The summed E-state index contributed by atoms with van der Waals surface area (Å²) in [6, 6.07) is 0.